The van der Waals surface area contributed by atoms with Crippen LogP contribution in [0.4, 0.5) is 0 Å². The largest absolute Gasteiger partial charge is 0.462 e. The Morgan fingerprint density at radius 2 is 1.96 bits per heavy atom. The number of ketones is 1. The van der Waals surface area contributed by atoms with E-state index in [9.17, 15) is 14.4 Å². The van der Waals surface area contributed by atoms with Crippen molar-refractivity contribution in [2.75, 3.05) is 0 Å². The molecule has 1 heterocycles. The lowest BCUT2D eigenvalue weighted by atomic mass is 9.80. The average molecular weight is 314 g/mol. The first-order valence-corrected chi connectivity index (χ1v) is 8.06. The van der Waals surface area contributed by atoms with Crippen LogP contribution in [0.5, 0.6) is 0 Å². The summed E-state index contributed by atoms with van der Waals surface area (Å²) in [6, 6.07) is 8.76. The van der Waals surface area contributed by atoms with Gasteiger partial charge in [0.1, 0.15) is 6.10 Å². The molecule has 1 saturated heterocycles. The van der Waals surface area contributed by atoms with Gasteiger partial charge in [-0.3, -0.25) is 14.4 Å². The Morgan fingerprint density at radius 3 is 2.70 bits per heavy atom. The highest BCUT2D eigenvalue weighted by Crippen LogP contribution is 2.57. The molecule has 120 valence electrons. The molecule has 5 heteroatoms. The summed E-state index contributed by atoms with van der Waals surface area (Å²) in [5, 5.41) is 0. The topological polar surface area (TPSA) is 69.7 Å². The van der Waals surface area contributed by atoms with E-state index in [4.69, 9.17) is 9.47 Å². The van der Waals surface area contributed by atoms with Gasteiger partial charge in [0.2, 0.25) is 5.78 Å². The number of rotatable bonds is 4. The number of hydrogen-bond donors (Lipinski definition) is 0. The number of ether oxygens (including phenoxy) is 2. The molecule has 0 N–H and O–H groups in total. The lowest BCUT2D eigenvalue weighted by molar-refractivity contribution is -0.157. The summed E-state index contributed by atoms with van der Waals surface area (Å²) < 4.78 is 10.7. The van der Waals surface area contributed by atoms with Crippen molar-refractivity contribution in [1.29, 1.82) is 0 Å². The Balaban J connectivity index is 1.46. The molecule has 0 aromatic heterocycles. The Bertz CT molecular complexity index is 665. The molecular formula is C18H18O5. The SMILES string of the molecule is C[C@H](OC(=O)[C@@H]1[C@@H]2C[C@@H]3[C@H]1C(=O)O[C@H]3C2)C(=O)c1ccccc1. The van der Waals surface area contributed by atoms with E-state index in [0.29, 0.717) is 5.56 Å². The fraction of sp³-hybridized carbons (Fsp3) is 0.500. The number of carbonyl (C=O) groups is 3. The molecule has 0 amide bonds. The van der Waals surface area contributed by atoms with Gasteiger partial charge in [-0.05, 0) is 25.7 Å². The van der Waals surface area contributed by atoms with E-state index in [-0.39, 0.29) is 35.6 Å². The highest BCUT2D eigenvalue weighted by atomic mass is 16.6. The Morgan fingerprint density at radius 1 is 1.22 bits per heavy atom. The molecule has 6 atom stereocenters. The van der Waals surface area contributed by atoms with Gasteiger partial charge in [0, 0.05) is 11.5 Å². The molecule has 1 aliphatic heterocycles. The summed E-state index contributed by atoms with van der Waals surface area (Å²) in [6.45, 7) is 1.58. The predicted molar refractivity (Wildman–Crippen MR) is 79.4 cm³/mol. The minimum Gasteiger partial charge on any atom is -0.462 e. The van der Waals surface area contributed by atoms with Crippen molar-refractivity contribution in [2.24, 2.45) is 23.7 Å². The molecule has 1 aromatic rings. The standard InChI is InChI=1S/C18H18O5/c1-9(16(19)10-5-3-2-4-6-10)22-17(20)14-11-7-12-13(8-11)23-18(21)15(12)14/h2-6,9,11-15H,7-8H2,1H3/t9-,11+,12-,13-,14+,15+/m0/s1. The molecule has 5 nitrogen and oxygen atoms in total. The fourth-order valence-corrected chi connectivity index (χ4v) is 4.47. The van der Waals surface area contributed by atoms with Gasteiger partial charge in [0.15, 0.2) is 6.10 Å². The van der Waals surface area contributed by atoms with Gasteiger partial charge in [-0.2, -0.15) is 0 Å². The third-order valence-electron chi connectivity index (χ3n) is 5.48. The van der Waals surface area contributed by atoms with Crippen LogP contribution >= 0.6 is 0 Å². The summed E-state index contributed by atoms with van der Waals surface area (Å²) >= 11 is 0. The molecule has 2 bridgehead atoms. The zero-order valence-electron chi connectivity index (χ0n) is 12.8. The zero-order valence-corrected chi connectivity index (χ0v) is 12.8. The smallest absolute Gasteiger partial charge is 0.310 e. The molecular weight excluding hydrogens is 296 g/mol. The Hall–Kier alpha value is -2.17. The second-order valence-electron chi connectivity index (χ2n) is 6.73. The Labute approximate surface area is 134 Å². The lowest BCUT2D eigenvalue weighted by Gasteiger charge is -2.24. The van der Waals surface area contributed by atoms with Crippen LogP contribution in [0.3, 0.4) is 0 Å². The molecule has 0 radical (unpaired) electrons. The van der Waals surface area contributed by atoms with Crippen LogP contribution in [0, 0.1) is 23.7 Å². The minimum absolute atomic E-state index is 0.00933. The van der Waals surface area contributed by atoms with Gasteiger partial charge in [0.25, 0.3) is 0 Å². The van der Waals surface area contributed by atoms with Gasteiger partial charge >= 0.3 is 11.9 Å². The van der Waals surface area contributed by atoms with Gasteiger partial charge < -0.3 is 9.47 Å². The maximum atomic E-state index is 12.5. The van der Waals surface area contributed by atoms with E-state index in [0.717, 1.165) is 12.8 Å². The normalized spacial score (nSPS) is 35.0. The molecule has 23 heavy (non-hydrogen) atoms. The van der Waals surface area contributed by atoms with Gasteiger partial charge in [-0.25, -0.2) is 0 Å². The quantitative estimate of drug-likeness (QED) is 0.628. The molecule has 1 aromatic carbocycles. The molecule has 3 aliphatic rings. The van der Waals surface area contributed by atoms with Gasteiger partial charge in [-0.15, -0.1) is 0 Å². The fourth-order valence-electron chi connectivity index (χ4n) is 4.47. The van der Waals surface area contributed by atoms with Crippen LogP contribution in [0.15, 0.2) is 30.3 Å². The van der Waals surface area contributed by atoms with Crippen molar-refractivity contribution < 1.29 is 23.9 Å². The van der Waals surface area contributed by atoms with Crippen molar-refractivity contribution in [3.8, 4) is 0 Å². The van der Waals surface area contributed by atoms with E-state index in [2.05, 4.69) is 0 Å². The van der Waals surface area contributed by atoms with Crippen LogP contribution in [0.2, 0.25) is 0 Å². The van der Waals surface area contributed by atoms with Gasteiger partial charge in [-0.1, -0.05) is 30.3 Å². The molecule has 0 spiro atoms. The molecule has 2 aliphatic carbocycles. The van der Waals surface area contributed by atoms with Crippen molar-refractivity contribution in [2.45, 2.75) is 32.0 Å². The predicted octanol–water partition coefficient (Wildman–Crippen LogP) is 2.00. The lowest BCUT2D eigenvalue weighted by Crippen LogP contribution is -2.36. The number of carbonyl (C=O) groups excluding carboxylic acids is 3. The first-order chi connectivity index (χ1) is 11.1. The average Bonchev–Trinajstić information content (AvgIpc) is 3.16. The van der Waals surface area contributed by atoms with Crippen LogP contribution < -0.4 is 0 Å². The minimum atomic E-state index is -0.850. The first kappa shape index (κ1) is 14.4. The number of hydrogen-bond acceptors (Lipinski definition) is 5. The molecule has 3 fully saturated rings. The maximum Gasteiger partial charge on any atom is 0.310 e. The van der Waals surface area contributed by atoms with E-state index in [1.54, 1.807) is 31.2 Å². The maximum absolute atomic E-state index is 12.5. The van der Waals surface area contributed by atoms with Crippen LogP contribution in [-0.2, 0) is 19.1 Å². The highest BCUT2D eigenvalue weighted by molar-refractivity contribution is 6.00. The second kappa shape index (κ2) is 5.18. The van der Waals surface area contributed by atoms with E-state index in [1.807, 2.05) is 6.07 Å². The Kier molecular flexibility index (Phi) is 3.25. The third kappa shape index (κ3) is 2.18. The highest BCUT2D eigenvalue weighted by Gasteiger charge is 2.64. The van der Waals surface area contributed by atoms with E-state index < -0.39 is 18.0 Å². The van der Waals surface area contributed by atoms with Crippen LogP contribution in [0.1, 0.15) is 30.1 Å². The van der Waals surface area contributed by atoms with E-state index in [1.165, 1.54) is 0 Å². The number of benzene rings is 1. The van der Waals surface area contributed by atoms with Crippen LogP contribution in [-0.4, -0.2) is 29.9 Å². The number of Topliss-reactive ketones (excluding diaryl/α,β-unsaturated/α-hetero) is 1. The summed E-state index contributed by atoms with van der Waals surface area (Å²) in [4.78, 5) is 36.8. The van der Waals surface area contributed by atoms with Crippen molar-refractivity contribution in [1.82, 2.24) is 0 Å². The second-order valence-corrected chi connectivity index (χ2v) is 6.73. The van der Waals surface area contributed by atoms with Crippen molar-refractivity contribution in [3.05, 3.63) is 35.9 Å². The molecule has 0 unspecified atom stereocenters. The van der Waals surface area contributed by atoms with Crippen LogP contribution in [0.25, 0.3) is 0 Å². The van der Waals surface area contributed by atoms with Crippen molar-refractivity contribution in [3.63, 3.8) is 0 Å². The summed E-state index contributed by atoms with van der Waals surface area (Å²) in [5.41, 5.74) is 0.515. The first-order valence-electron chi connectivity index (χ1n) is 8.06. The number of fused-ring (bicyclic) bond motifs is 1. The van der Waals surface area contributed by atoms with Gasteiger partial charge in [0.05, 0.1) is 11.8 Å². The third-order valence-corrected chi connectivity index (χ3v) is 5.48. The van der Waals surface area contributed by atoms with Crippen molar-refractivity contribution >= 4 is 17.7 Å². The summed E-state index contributed by atoms with van der Waals surface area (Å²) in [7, 11) is 0. The monoisotopic (exact) mass is 314 g/mol. The molecule has 2 saturated carbocycles. The van der Waals surface area contributed by atoms with E-state index >= 15 is 0 Å². The summed E-state index contributed by atoms with van der Waals surface area (Å²) in [6.07, 6.45) is 0.734. The number of esters is 2. The summed E-state index contributed by atoms with van der Waals surface area (Å²) in [5.74, 6) is -1.45. The molecule has 4 rings (SSSR count). The zero-order chi connectivity index (χ0) is 16.1.